The molecule has 0 bridgehead atoms. The van der Waals surface area contributed by atoms with E-state index >= 15 is 0 Å². The van der Waals surface area contributed by atoms with E-state index in [1.165, 1.54) is 0 Å². The van der Waals surface area contributed by atoms with Crippen LogP contribution in [0.3, 0.4) is 0 Å². The maximum atomic E-state index is 3.42. The Kier molecular flexibility index (Phi) is 23.4. The second kappa shape index (κ2) is 10.5. The Morgan fingerprint density at radius 1 is 1.75 bits per heavy atom. The van der Waals surface area contributed by atoms with Crippen molar-refractivity contribution in [1.29, 1.82) is 0 Å². The molecule has 4 heavy (non-hydrogen) atoms. The molecule has 0 aliphatic rings. The zero-order chi connectivity index (χ0) is 2.71. The van der Waals surface area contributed by atoms with Crippen LogP contribution in [0.2, 0.25) is 0 Å². The summed E-state index contributed by atoms with van der Waals surface area (Å²) >= 11 is 0. The Morgan fingerprint density at radius 2 is 1.75 bits per heavy atom. The van der Waals surface area contributed by atoms with Crippen molar-refractivity contribution in [3.8, 4) is 0 Å². The van der Waals surface area contributed by atoms with E-state index < -0.39 is 0 Å². The molecule has 0 aromatic rings. The molecule has 0 rings (SSSR count). The average molecular weight is 94.6 g/mol. The van der Waals surface area contributed by atoms with Crippen LogP contribution in [0.15, 0.2) is 12.3 Å². The molecule has 0 nitrogen and oxygen atoms in total. The molecule has 0 aromatic carbocycles. The van der Waals surface area contributed by atoms with Crippen LogP contribution in [0.5, 0.6) is 0 Å². The van der Waals surface area contributed by atoms with Crippen molar-refractivity contribution in [2.75, 3.05) is 0 Å². The summed E-state index contributed by atoms with van der Waals surface area (Å²) in [5, 5.41) is 0. The first-order valence-electron chi connectivity index (χ1n) is 0.986. The summed E-state index contributed by atoms with van der Waals surface area (Å²) < 4.78 is 0. The molecule has 0 aliphatic heterocycles. The molecule has 0 saturated heterocycles. The number of hydrogen-bond acceptors (Lipinski definition) is 0. The quantitative estimate of drug-likeness (QED) is 0.369. The Labute approximate surface area is 35.7 Å². The van der Waals surface area contributed by atoms with Gasteiger partial charge in [-0.15, -0.1) is 24.7 Å². The minimum Gasteiger partial charge on any atom is -0.147 e. The van der Waals surface area contributed by atoms with Crippen LogP contribution >= 0.6 is 12.4 Å². The summed E-state index contributed by atoms with van der Waals surface area (Å²) in [6.45, 7) is 3.42. The number of hydrogen-bond donors (Lipinski definition) is 0. The highest BCUT2D eigenvalue weighted by Crippen LogP contribution is 1.24. The fraction of sp³-hybridized carbons (Fsp3) is 0. The SMILES string of the molecule is C=C[SiH3].Cl. The normalized spacial score (nSPS) is 4.00. The van der Waals surface area contributed by atoms with Gasteiger partial charge >= 0.3 is 0 Å². The van der Waals surface area contributed by atoms with Gasteiger partial charge in [-0.1, -0.05) is 0 Å². The first-order chi connectivity index (χ1) is 1.41. The molecule has 2 heteroatoms. The van der Waals surface area contributed by atoms with Crippen LogP contribution < -0.4 is 0 Å². The summed E-state index contributed by atoms with van der Waals surface area (Å²) in [5.74, 6) is 0. The molecule has 0 fully saturated rings. The van der Waals surface area contributed by atoms with Crippen molar-refractivity contribution in [2.24, 2.45) is 0 Å². The van der Waals surface area contributed by atoms with Gasteiger partial charge in [0, 0.05) is 10.2 Å². The maximum Gasteiger partial charge on any atom is 0.0283 e. The van der Waals surface area contributed by atoms with E-state index in [1.54, 1.807) is 0 Å². The van der Waals surface area contributed by atoms with Gasteiger partial charge in [0.2, 0.25) is 0 Å². The van der Waals surface area contributed by atoms with E-state index in [4.69, 9.17) is 0 Å². The second-order valence-corrected chi connectivity index (χ2v) is 1.22. The maximum absolute atomic E-state index is 3.42. The lowest BCUT2D eigenvalue weighted by Crippen LogP contribution is -1.29. The zero-order valence-corrected chi connectivity index (χ0v) is 5.51. The molecular weight excluding hydrogens is 87.6 g/mol. The van der Waals surface area contributed by atoms with Gasteiger partial charge in [0.15, 0.2) is 0 Å². The Balaban J connectivity index is 0. The van der Waals surface area contributed by atoms with Gasteiger partial charge in [-0.25, -0.2) is 0 Å². The van der Waals surface area contributed by atoms with E-state index in [0.717, 1.165) is 10.2 Å². The monoisotopic (exact) mass is 94.0 g/mol. The molecule has 0 amide bonds. The van der Waals surface area contributed by atoms with Gasteiger partial charge in [-0.3, -0.25) is 0 Å². The van der Waals surface area contributed by atoms with E-state index in [1.807, 2.05) is 5.70 Å². The van der Waals surface area contributed by atoms with Crippen molar-refractivity contribution in [2.45, 2.75) is 0 Å². The highest BCUT2D eigenvalue weighted by molar-refractivity contribution is 6.16. The van der Waals surface area contributed by atoms with Crippen LogP contribution in [0.4, 0.5) is 0 Å². The fourth-order valence-corrected chi connectivity index (χ4v) is 0. The molecule has 0 heterocycles. The van der Waals surface area contributed by atoms with Gasteiger partial charge in [0.25, 0.3) is 0 Å². The van der Waals surface area contributed by atoms with Gasteiger partial charge < -0.3 is 0 Å². The molecule has 0 radical (unpaired) electrons. The first-order valence-corrected chi connectivity index (χ1v) is 2.14. The lowest BCUT2D eigenvalue weighted by atomic mass is 11.3. The van der Waals surface area contributed by atoms with Gasteiger partial charge in [-0.2, -0.15) is 0 Å². The number of halogens is 1. The zero-order valence-electron chi connectivity index (χ0n) is 2.69. The Hall–Kier alpha value is 0.247. The second-order valence-electron chi connectivity index (χ2n) is 0.408. The van der Waals surface area contributed by atoms with Gasteiger partial charge in [-0.05, 0) is 0 Å². The van der Waals surface area contributed by atoms with Crippen LogP contribution in [0.25, 0.3) is 0 Å². The predicted octanol–water partition coefficient (Wildman–Crippen LogP) is -0.0829. The highest BCUT2D eigenvalue weighted by atomic mass is 35.5. The molecule has 0 aromatic heterocycles. The first kappa shape index (κ1) is 8.87. The minimum absolute atomic E-state index is 0. The molecule has 26 valence electrons. The summed E-state index contributed by atoms with van der Waals surface area (Å²) in [6.07, 6.45) is 0. The largest absolute Gasteiger partial charge is 0.147 e. The summed E-state index contributed by atoms with van der Waals surface area (Å²) in [6, 6.07) is 0. The topological polar surface area (TPSA) is 0 Å². The molecule has 0 N–H and O–H groups in total. The third kappa shape index (κ3) is 57.3. The Morgan fingerprint density at radius 3 is 1.75 bits per heavy atom. The third-order valence-corrected chi connectivity index (χ3v) is 0. The highest BCUT2D eigenvalue weighted by Gasteiger charge is 1.16. The smallest absolute Gasteiger partial charge is 0.0283 e. The van der Waals surface area contributed by atoms with E-state index in [0.29, 0.717) is 0 Å². The van der Waals surface area contributed by atoms with Crippen LogP contribution in [-0.2, 0) is 0 Å². The van der Waals surface area contributed by atoms with Crippen molar-refractivity contribution in [3.05, 3.63) is 12.3 Å². The predicted molar refractivity (Wildman–Crippen MR) is 27.4 cm³/mol. The van der Waals surface area contributed by atoms with Crippen molar-refractivity contribution < 1.29 is 0 Å². The van der Waals surface area contributed by atoms with Crippen LogP contribution in [-0.4, -0.2) is 10.2 Å². The molecule has 0 atom stereocenters. The molecule has 0 aliphatic carbocycles. The Bertz CT molecular complexity index is 13.5. The standard InChI is InChI=1S/C2H6Si.ClH/c1-2-3;/h2H,1H2,3H3;1H. The van der Waals surface area contributed by atoms with Crippen LogP contribution in [0.1, 0.15) is 0 Å². The fourth-order valence-electron chi connectivity index (χ4n) is 0. The van der Waals surface area contributed by atoms with Crippen molar-refractivity contribution in [1.82, 2.24) is 0 Å². The van der Waals surface area contributed by atoms with E-state index in [2.05, 4.69) is 6.58 Å². The van der Waals surface area contributed by atoms with Crippen molar-refractivity contribution >= 4 is 22.6 Å². The average Bonchev–Trinajstić information content (AvgIpc) is 0.918. The van der Waals surface area contributed by atoms with E-state index in [9.17, 15) is 0 Å². The molecule has 0 spiro atoms. The summed E-state index contributed by atoms with van der Waals surface area (Å²) in [4.78, 5) is 0. The van der Waals surface area contributed by atoms with Crippen molar-refractivity contribution in [3.63, 3.8) is 0 Å². The van der Waals surface area contributed by atoms with Gasteiger partial charge in [0.1, 0.15) is 0 Å². The van der Waals surface area contributed by atoms with Crippen LogP contribution in [0, 0.1) is 0 Å². The van der Waals surface area contributed by atoms with Gasteiger partial charge in [0.05, 0.1) is 0 Å². The number of rotatable bonds is 0. The third-order valence-electron chi connectivity index (χ3n) is 0. The molecule has 0 saturated carbocycles. The summed E-state index contributed by atoms with van der Waals surface area (Å²) in [7, 11) is 1.13. The lowest BCUT2D eigenvalue weighted by molar-refractivity contribution is 2.63. The van der Waals surface area contributed by atoms with E-state index in [-0.39, 0.29) is 12.4 Å². The molecule has 0 unspecified atom stereocenters. The molecular formula is C2H7ClSi. The lowest BCUT2D eigenvalue weighted by Gasteiger charge is -1.29. The summed E-state index contributed by atoms with van der Waals surface area (Å²) in [5.41, 5.74) is 1.89. The minimum atomic E-state index is 0.